The molecule has 0 spiro atoms. The molecule has 0 saturated heterocycles. The van der Waals surface area contributed by atoms with E-state index in [0.717, 1.165) is 31.8 Å². The second-order valence-electron chi connectivity index (χ2n) is 6.12. The zero-order chi connectivity index (χ0) is 16.9. The third kappa shape index (κ3) is 3.89. The minimum Gasteiger partial charge on any atom is -0.326 e. The highest BCUT2D eigenvalue weighted by atomic mass is 19.1. The number of carbonyl (C=O) groups is 1. The Balaban J connectivity index is 1.72. The number of benzene rings is 1. The number of nitrogens with zero attached hydrogens (tertiary/aromatic N) is 1. The van der Waals surface area contributed by atoms with Crippen molar-refractivity contribution in [1.82, 2.24) is 10.2 Å². The Bertz CT molecular complexity index is 731. The zero-order valence-corrected chi connectivity index (χ0v) is 13.6. The summed E-state index contributed by atoms with van der Waals surface area (Å²) in [5.41, 5.74) is 3.92. The summed E-state index contributed by atoms with van der Waals surface area (Å²) in [7, 11) is 0. The first-order chi connectivity index (χ1) is 11.7. The van der Waals surface area contributed by atoms with Crippen LogP contribution in [0.4, 0.5) is 4.39 Å². The van der Waals surface area contributed by atoms with Crippen molar-refractivity contribution >= 4 is 5.91 Å². The molecule has 0 atom stereocenters. The predicted octanol–water partition coefficient (Wildman–Crippen LogP) is 3.63. The second-order valence-corrected chi connectivity index (χ2v) is 6.12. The molecular formula is C20H21FN2O. The van der Waals surface area contributed by atoms with Gasteiger partial charge in [0.1, 0.15) is 5.83 Å². The van der Waals surface area contributed by atoms with Crippen molar-refractivity contribution in [1.29, 1.82) is 0 Å². The normalized spacial score (nSPS) is 20.8. The number of rotatable bonds is 4. The summed E-state index contributed by atoms with van der Waals surface area (Å²) in [5.74, 6) is -0.644. The van der Waals surface area contributed by atoms with E-state index in [1.54, 1.807) is 0 Å². The summed E-state index contributed by atoms with van der Waals surface area (Å²) in [6.45, 7) is 6.06. The van der Waals surface area contributed by atoms with Crippen molar-refractivity contribution < 1.29 is 9.18 Å². The van der Waals surface area contributed by atoms with Gasteiger partial charge in [0.2, 0.25) is 0 Å². The Morgan fingerprint density at radius 2 is 2.12 bits per heavy atom. The van der Waals surface area contributed by atoms with Gasteiger partial charge in [-0.05, 0) is 23.3 Å². The maximum absolute atomic E-state index is 13.7. The third-order valence-electron chi connectivity index (χ3n) is 4.32. The minimum atomic E-state index is -0.448. The number of amides is 1. The number of nitrogens with one attached hydrogen (secondary N) is 1. The van der Waals surface area contributed by atoms with Crippen molar-refractivity contribution in [3.8, 4) is 0 Å². The molecule has 0 radical (unpaired) electrons. The molecule has 24 heavy (non-hydrogen) atoms. The lowest BCUT2D eigenvalue weighted by molar-refractivity contribution is -0.117. The van der Waals surface area contributed by atoms with E-state index in [1.165, 1.54) is 29.4 Å². The smallest absolute Gasteiger partial charge is 0.251 e. The molecule has 3 nitrogen and oxygen atoms in total. The molecule has 0 bridgehead atoms. The molecule has 0 aromatic heterocycles. The van der Waals surface area contributed by atoms with Crippen LogP contribution in [0.2, 0.25) is 0 Å². The van der Waals surface area contributed by atoms with Crippen molar-refractivity contribution in [2.45, 2.75) is 19.4 Å². The van der Waals surface area contributed by atoms with Gasteiger partial charge in [-0.1, -0.05) is 43.0 Å². The molecule has 0 saturated carbocycles. The Hall–Kier alpha value is -2.46. The Labute approximate surface area is 141 Å². The molecule has 2 heterocycles. The largest absolute Gasteiger partial charge is 0.326 e. The van der Waals surface area contributed by atoms with Gasteiger partial charge in [0, 0.05) is 43.7 Å². The van der Waals surface area contributed by atoms with Gasteiger partial charge < -0.3 is 5.32 Å². The Morgan fingerprint density at radius 1 is 1.33 bits per heavy atom. The fraction of sp³-hybridized carbons (Fsp3) is 0.250. The van der Waals surface area contributed by atoms with E-state index in [4.69, 9.17) is 0 Å². The summed E-state index contributed by atoms with van der Waals surface area (Å²) in [6.07, 6.45) is 5.26. The number of carbonyl (C=O) groups excluding carboxylic acids is 1. The van der Waals surface area contributed by atoms with Gasteiger partial charge in [-0.25, -0.2) is 4.39 Å². The highest BCUT2D eigenvalue weighted by Crippen LogP contribution is 2.28. The van der Waals surface area contributed by atoms with Gasteiger partial charge in [-0.15, -0.1) is 0 Å². The van der Waals surface area contributed by atoms with E-state index in [1.807, 2.05) is 18.2 Å². The quantitative estimate of drug-likeness (QED) is 0.677. The number of halogens is 1. The summed E-state index contributed by atoms with van der Waals surface area (Å²) in [6, 6.07) is 10.3. The highest BCUT2D eigenvalue weighted by molar-refractivity contribution is 5.96. The predicted molar refractivity (Wildman–Crippen MR) is 93.6 cm³/mol. The summed E-state index contributed by atoms with van der Waals surface area (Å²) in [4.78, 5) is 14.5. The molecule has 1 N–H and O–H groups in total. The van der Waals surface area contributed by atoms with Crippen LogP contribution < -0.4 is 5.32 Å². The topological polar surface area (TPSA) is 32.3 Å². The first-order valence-corrected chi connectivity index (χ1v) is 8.13. The van der Waals surface area contributed by atoms with E-state index >= 15 is 0 Å². The first-order valence-electron chi connectivity index (χ1n) is 8.13. The van der Waals surface area contributed by atoms with Crippen LogP contribution in [0.15, 0.2) is 77.8 Å². The van der Waals surface area contributed by atoms with Crippen LogP contribution in [0.25, 0.3) is 0 Å². The average molecular weight is 324 g/mol. The minimum absolute atomic E-state index is 0.196. The molecule has 1 aromatic rings. The Morgan fingerprint density at radius 3 is 2.88 bits per heavy atom. The molecule has 1 amide bonds. The van der Waals surface area contributed by atoms with Crippen LogP contribution in [0, 0.1) is 0 Å². The van der Waals surface area contributed by atoms with E-state index in [9.17, 15) is 9.18 Å². The lowest BCUT2D eigenvalue weighted by atomic mass is 9.93. The van der Waals surface area contributed by atoms with Crippen LogP contribution in [-0.2, 0) is 11.3 Å². The van der Waals surface area contributed by atoms with Crippen LogP contribution in [0.1, 0.15) is 18.4 Å². The van der Waals surface area contributed by atoms with Crippen molar-refractivity contribution in [3.63, 3.8) is 0 Å². The zero-order valence-electron chi connectivity index (χ0n) is 13.6. The summed E-state index contributed by atoms with van der Waals surface area (Å²) in [5, 5.41) is 2.93. The molecule has 0 fully saturated rings. The molecule has 4 heteroatoms. The summed E-state index contributed by atoms with van der Waals surface area (Å²) >= 11 is 0. The van der Waals surface area contributed by atoms with Crippen LogP contribution >= 0.6 is 0 Å². The fourth-order valence-electron chi connectivity index (χ4n) is 3.15. The molecular weight excluding hydrogens is 303 g/mol. The second kappa shape index (κ2) is 7.41. The van der Waals surface area contributed by atoms with E-state index < -0.39 is 5.83 Å². The molecule has 3 rings (SSSR count). The lowest BCUT2D eigenvalue weighted by Gasteiger charge is -2.34. The fourth-order valence-corrected chi connectivity index (χ4v) is 3.15. The van der Waals surface area contributed by atoms with Crippen molar-refractivity contribution in [3.05, 3.63) is 83.4 Å². The molecule has 0 unspecified atom stereocenters. The third-order valence-corrected chi connectivity index (χ3v) is 4.32. The number of allylic oxidation sites excluding steroid dienone is 4. The van der Waals surface area contributed by atoms with E-state index in [2.05, 4.69) is 28.9 Å². The standard InChI is InChI=1S/C20H21FN2O/c1-2-6-18(21)12-16-11-17-14-23(10-9-19(17)22-20(16)24)13-15-7-4-3-5-8-15/h2-8,12H,1,9-11,13-14H2,(H,22,24)/b16-12+,18-6+. The first kappa shape index (κ1) is 16.4. The van der Waals surface area contributed by atoms with Gasteiger partial charge in [0.15, 0.2) is 0 Å². The van der Waals surface area contributed by atoms with Gasteiger partial charge in [0.25, 0.3) is 5.91 Å². The maximum Gasteiger partial charge on any atom is 0.251 e. The molecule has 2 aliphatic heterocycles. The monoisotopic (exact) mass is 324 g/mol. The van der Waals surface area contributed by atoms with Crippen LogP contribution in [0.3, 0.4) is 0 Å². The molecule has 0 aliphatic carbocycles. The number of hydrogen-bond donors (Lipinski definition) is 1. The van der Waals surface area contributed by atoms with E-state index in [-0.39, 0.29) is 5.91 Å². The lowest BCUT2D eigenvalue weighted by Crippen LogP contribution is -2.40. The van der Waals surface area contributed by atoms with Gasteiger partial charge in [-0.3, -0.25) is 9.69 Å². The summed E-state index contributed by atoms with van der Waals surface area (Å²) < 4.78 is 13.7. The molecule has 2 aliphatic rings. The van der Waals surface area contributed by atoms with Gasteiger partial charge in [0.05, 0.1) is 0 Å². The maximum atomic E-state index is 13.7. The van der Waals surface area contributed by atoms with Crippen molar-refractivity contribution in [2.24, 2.45) is 0 Å². The van der Waals surface area contributed by atoms with Gasteiger partial charge >= 0.3 is 0 Å². The van der Waals surface area contributed by atoms with Gasteiger partial charge in [-0.2, -0.15) is 0 Å². The number of hydrogen-bond acceptors (Lipinski definition) is 2. The average Bonchev–Trinajstić information content (AvgIpc) is 2.57. The van der Waals surface area contributed by atoms with Crippen LogP contribution in [-0.4, -0.2) is 23.9 Å². The molecule has 124 valence electrons. The van der Waals surface area contributed by atoms with Crippen molar-refractivity contribution in [2.75, 3.05) is 13.1 Å². The molecule has 1 aromatic carbocycles. The Kier molecular flexibility index (Phi) is 5.06. The highest BCUT2D eigenvalue weighted by Gasteiger charge is 2.27. The van der Waals surface area contributed by atoms with Crippen LogP contribution in [0.5, 0.6) is 0 Å². The SMILES string of the molecule is C=C/C=C(F)\C=C1/CC2=C(CCN(Cc3ccccc3)C2)NC1=O. The van der Waals surface area contributed by atoms with E-state index in [0.29, 0.717) is 12.0 Å².